The van der Waals surface area contributed by atoms with Gasteiger partial charge >= 0.3 is 0 Å². The van der Waals surface area contributed by atoms with Gasteiger partial charge in [0, 0.05) is 18.9 Å². The molecule has 17 heavy (non-hydrogen) atoms. The highest BCUT2D eigenvalue weighted by molar-refractivity contribution is 5.86. The van der Waals surface area contributed by atoms with Gasteiger partial charge in [0.05, 0.1) is 0 Å². The number of hydrogen-bond donors (Lipinski definition) is 1. The van der Waals surface area contributed by atoms with Crippen LogP contribution >= 0.6 is 0 Å². The molecule has 4 heteroatoms. The van der Waals surface area contributed by atoms with Crippen LogP contribution in [0.15, 0.2) is 0 Å². The first kappa shape index (κ1) is 13.6. The van der Waals surface area contributed by atoms with E-state index in [1.807, 2.05) is 13.8 Å². The van der Waals surface area contributed by atoms with Crippen LogP contribution in [0.3, 0.4) is 0 Å². The Morgan fingerprint density at radius 1 is 1.59 bits per heavy atom. The summed E-state index contributed by atoms with van der Waals surface area (Å²) in [7, 11) is 0. The number of amides is 2. The first-order chi connectivity index (χ1) is 8.10. The summed E-state index contributed by atoms with van der Waals surface area (Å²) in [5, 5.41) is 0. The molecule has 0 radical (unpaired) electrons. The molecule has 1 heterocycles. The molecule has 0 aromatic heterocycles. The highest BCUT2D eigenvalue weighted by Crippen LogP contribution is 2.20. The molecule has 0 aromatic carbocycles. The summed E-state index contributed by atoms with van der Waals surface area (Å²) < 4.78 is 0. The van der Waals surface area contributed by atoms with Gasteiger partial charge in [-0.05, 0) is 26.2 Å². The molecule has 1 aliphatic rings. The van der Waals surface area contributed by atoms with Crippen LogP contribution in [0.4, 0.5) is 0 Å². The Labute approximate surface area is 103 Å². The number of carbonyl (C=O) groups is 2. The minimum absolute atomic E-state index is 0.0241. The Balaban J connectivity index is 2.75. The molecule has 1 saturated heterocycles. The monoisotopic (exact) mass is 236 g/mol. The molecular formula is C13H20N2O2. The van der Waals surface area contributed by atoms with E-state index in [4.69, 9.17) is 5.73 Å². The van der Waals surface area contributed by atoms with Gasteiger partial charge in [-0.1, -0.05) is 6.92 Å². The highest BCUT2D eigenvalue weighted by Gasteiger charge is 2.29. The van der Waals surface area contributed by atoms with E-state index in [0.29, 0.717) is 19.4 Å². The minimum atomic E-state index is -0.462. The molecule has 0 aromatic rings. The molecule has 2 unspecified atom stereocenters. The van der Waals surface area contributed by atoms with Gasteiger partial charge in [-0.2, -0.15) is 0 Å². The molecule has 2 N–H and O–H groups in total. The van der Waals surface area contributed by atoms with Crippen molar-refractivity contribution in [2.45, 2.75) is 45.6 Å². The van der Waals surface area contributed by atoms with Crippen molar-refractivity contribution in [2.75, 3.05) is 6.54 Å². The highest BCUT2D eigenvalue weighted by atomic mass is 16.2. The summed E-state index contributed by atoms with van der Waals surface area (Å²) in [5.41, 5.74) is 5.32. The Morgan fingerprint density at radius 3 is 2.82 bits per heavy atom. The van der Waals surface area contributed by atoms with Crippen LogP contribution in [0.1, 0.15) is 39.5 Å². The Morgan fingerprint density at radius 2 is 2.29 bits per heavy atom. The number of likely N-dealkylation sites (tertiary alicyclic amines) is 1. The summed E-state index contributed by atoms with van der Waals surface area (Å²) in [6.07, 6.45) is 2.65. The van der Waals surface area contributed by atoms with Crippen molar-refractivity contribution in [1.82, 2.24) is 4.90 Å². The van der Waals surface area contributed by atoms with E-state index >= 15 is 0 Å². The molecule has 2 atom stereocenters. The molecule has 0 spiro atoms. The van der Waals surface area contributed by atoms with Crippen LogP contribution in [0.2, 0.25) is 0 Å². The maximum Gasteiger partial charge on any atom is 0.240 e. The summed E-state index contributed by atoms with van der Waals surface area (Å²) in [6.45, 7) is 4.26. The fourth-order valence-electron chi connectivity index (χ4n) is 2.26. The smallest absolute Gasteiger partial charge is 0.240 e. The number of rotatable bonds is 3. The van der Waals surface area contributed by atoms with Gasteiger partial charge in [-0.25, -0.2) is 0 Å². The van der Waals surface area contributed by atoms with Crippen molar-refractivity contribution >= 4 is 11.8 Å². The zero-order valence-electron chi connectivity index (χ0n) is 10.5. The second-order valence-corrected chi connectivity index (χ2v) is 4.33. The third-order valence-electron chi connectivity index (χ3n) is 3.19. The van der Waals surface area contributed by atoms with Crippen LogP contribution < -0.4 is 5.73 Å². The predicted molar refractivity (Wildman–Crippen MR) is 65.8 cm³/mol. The topological polar surface area (TPSA) is 63.4 Å². The zero-order chi connectivity index (χ0) is 12.8. The summed E-state index contributed by atoms with van der Waals surface area (Å²) in [6, 6.07) is -0.462. The lowest BCUT2D eigenvalue weighted by Gasteiger charge is -2.27. The van der Waals surface area contributed by atoms with Gasteiger partial charge in [-0.3, -0.25) is 9.59 Å². The van der Waals surface area contributed by atoms with Crippen LogP contribution in [0.25, 0.3) is 0 Å². The van der Waals surface area contributed by atoms with Crippen LogP contribution in [-0.2, 0) is 9.59 Å². The third-order valence-corrected chi connectivity index (χ3v) is 3.19. The maximum atomic E-state index is 11.9. The number of nitrogens with two attached hydrogens (primary N) is 1. The second kappa shape index (κ2) is 6.29. The second-order valence-electron chi connectivity index (χ2n) is 4.33. The van der Waals surface area contributed by atoms with E-state index in [9.17, 15) is 9.59 Å². The van der Waals surface area contributed by atoms with Crippen molar-refractivity contribution in [3.8, 4) is 11.8 Å². The third kappa shape index (κ3) is 3.48. The van der Waals surface area contributed by atoms with E-state index in [1.54, 1.807) is 4.90 Å². The number of carbonyl (C=O) groups excluding carboxylic acids is 2. The van der Waals surface area contributed by atoms with Crippen molar-refractivity contribution < 1.29 is 9.59 Å². The Kier molecular flexibility index (Phi) is 5.02. The lowest BCUT2D eigenvalue weighted by molar-refractivity contribution is -0.139. The van der Waals surface area contributed by atoms with Gasteiger partial charge < -0.3 is 10.6 Å². The van der Waals surface area contributed by atoms with E-state index in [2.05, 4.69) is 11.8 Å². The molecule has 2 amide bonds. The first-order valence-corrected chi connectivity index (χ1v) is 6.11. The van der Waals surface area contributed by atoms with Crippen molar-refractivity contribution in [3.63, 3.8) is 0 Å². The van der Waals surface area contributed by atoms with Gasteiger partial charge in [0.1, 0.15) is 6.04 Å². The van der Waals surface area contributed by atoms with Gasteiger partial charge in [0.15, 0.2) is 0 Å². The SMILES string of the molecule is CC#CC1CCC(=O)N(C(CC)C(N)=O)CC1. The zero-order valence-corrected chi connectivity index (χ0v) is 10.5. The Bertz CT molecular complexity index is 354. The van der Waals surface area contributed by atoms with Gasteiger partial charge in [0.25, 0.3) is 0 Å². The van der Waals surface area contributed by atoms with Gasteiger partial charge in [0.2, 0.25) is 11.8 Å². The lowest BCUT2D eigenvalue weighted by Crippen LogP contribution is -2.47. The van der Waals surface area contributed by atoms with E-state index in [0.717, 1.165) is 12.8 Å². The minimum Gasteiger partial charge on any atom is -0.368 e. The van der Waals surface area contributed by atoms with Crippen molar-refractivity contribution in [1.29, 1.82) is 0 Å². The molecular weight excluding hydrogens is 216 g/mol. The molecule has 1 rings (SSSR count). The Hall–Kier alpha value is -1.50. The number of hydrogen-bond acceptors (Lipinski definition) is 2. The van der Waals surface area contributed by atoms with Crippen LogP contribution in [0, 0.1) is 17.8 Å². The number of nitrogens with zero attached hydrogens (tertiary/aromatic N) is 1. The van der Waals surface area contributed by atoms with Crippen LogP contribution in [-0.4, -0.2) is 29.3 Å². The first-order valence-electron chi connectivity index (χ1n) is 6.11. The average Bonchev–Trinajstić information content (AvgIpc) is 2.45. The standard InChI is InChI=1S/C13H20N2O2/c1-3-5-10-6-7-12(16)15(9-8-10)11(4-2)13(14)17/h10-11H,4,6-9H2,1-2H3,(H2,14,17). The van der Waals surface area contributed by atoms with Crippen molar-refractivity contribution in [2.24, 2.45) is 11.7 Å². The molecule has 0 saturated carbocycles. The van der Waals surface area contributed by atoms with Crippen molar-refractivity contribution in [3.05, 3.63) is 0 Å². The number of primary amides is 1. The van der Waals surface area contributed by atoms with Crippen LogP contribution in [0.5, 0.6) is 0 Å². The molecule has 4 nitrogen and oxygen atoms in total. The normalized spacial score (nSPS) is 22.4. The van der Waals surface area contributed by atoms with E-state index < -0.39 is 11.9 Å². The van der Waals surface area contributed by atoms with E-state index in [-0.39, 0.29) is 11.8 Å². The maximum absolute atomic E-state index is 11.9. The molecule has 1 fully saturated rings. The molecule has 0 aliphatic carbocycles. The van der Waals surface area contributed by atoms with Gasteiger partial charge in [-0.15, -0.1) is 11.8 Å². The summed E-state index contributed by atoms with van der Waals surface area (Å²) >= 11 is 0. The fourth-order valence-corrected chi connectivity index (χ4v) is 2.26. The fraction of sp³-hybridized carbons (Fsp3) is 0.692. The summed E-state index contributed by atoms with van der Waals surface area (Å²) in [4.78, 5) is 24.9. The molecule has 0 bridgehead atoms. The quantitative estimate of drug-likeness (QED) is 0.740. The largest absolute Gasteiger partial charge is 0.368 e. The predicted octanol–water partition coefficient (Wildman–Crippen LogP) is 0.902. The lowest BCUT2D eigenvalue weighted by atomic mass is 10.0. The molecule has 94 valence electrons. The van der Waals surface area contributed by atoms with E-state index in [1.165, 1.54) is 0 Å². The molecule has 1 aliphatic heterocycles. The average molecular weight is 236 g/mol. The summed E-state index contributed by atoms with van der Waals surface area (Å²) in [5.74, 6) is 5.87.